The summed E-state index contributed by atoms with van der Waals surface area (Å²) in [5, 5.41) is 1.81. The molecule has 0 bridgehead atoms. The first-order valence-corrected chi connectivity index (χ1v) is 6.16. The van der Waals surface area contributed by atoms with Gasteiger partial charge in [-0.2, -0.15) is 0 Å². The number of carbonyl (C=O) groups excluding carboxylic acids is 4. The summed E-state index contributed by atoms with van der Waals surface area (Å²) in [6.45, 7) is 5.95. The molecule has 1 aromatic heterocycles. The van der Waals surface area contributed by atoms with Crippen LogP contribution in [0, 0.1) is 13.8 Å². The number of Topliss-reactive ketones (excluding diaryl/α,β-unsaturated/α-hetero) is 1. The average molecular weight is 295 g/mol. The molecule has 0 unspecified atom stereocenters. The van der Waals surface area contributed by atoms with Crippen LogP contribution in [0.25, 0.3) is 0 Å². The number of ketones is 1. The first-order chi connectivity index (χ1) is 9.65. The van der Waals surface area contributed by atoms with E-state index in [0.29, 0.717) is 16.8 Å². The third-order valence-electron chi connectivity index (χ3n) is 2.89. The van der Waals surface area contributed by atoms with Crippen LogP contribution < -0.4 is 11.1 Å². The van der Waals surface area contributed by atoms with E-state index in [1.165, 1.54) is 13.8 Å². The predicted octanol–water partition coefficient (Wildman–Crippen LogP) is 0.574. The summed E-state index contributed by atoms with van der Waals surface area (Å²) >= 11 is 0. The van der Waals surface area contributed by atoms with E-state index in [1.54, 1.807) is 13.8 Å². The molecule has 8 nitrogen and oxygen atoms in total. The highest BCUT2D eigenvalue weighted by atomic mass is 16.5. The number of aryl methyl sites for hydroxylation is 1. The molecule has 0 aliphatic heterocycles. The summed E-state index contributed by atoms with van der Waals surface area (Å²) in [6.07, 6.45) is -1.20. The second-order valence-corrected chi connectivity index (χ2v) is 4.58. The number of nitrogens with one attached hydrogen (secondary N) is 2. The van der Waals surface area contributed by atoms with Crippen molar-refractivity contribution in [1.82, 2.24) is 10.3 Å². The van der Waals surface area contributed by atoms with Crippen LogP contribution in [0.3, 0.4) is 0 Å². The maximum Gasteiger partial charge on any atom is 0.355 e. The monoisotopic (exact) mass is 295 g/mol. The summed E-state index contributed by atoms with van der Waals surface area (Å²) in [5.74, 6) is -1.81. The quantitative estimate of drug-likeness (QED) is 0.552. The highest BCUT2D eigenvalue weighted by Crippen LogP contribution is 2.19. The van der Waals surface area contributed by atoms with Crippen LogP contribution in [0.5, 0.6) is 0 Å². The Hall–Kier alpha value is -2.64. The lowest BCUT2D eigenvalue weighted by atomic mass is 10.1. The smallest absolute Gasteiger partial charge is 0.355 e. The molecule has 114 valence electrons. The van der Waals surface area contributed by atoms with E-state index in [4.69, 9.17) is 10.5 Å². The number of hydrogen-bond acceptors (Lipinski definition) is 5. The van der Waals surface area contributed by atoms with Gasteiger partial charge >= 0.3 is 12.0 Å². The SMILES string of the molecule is CC(=O)c1c(C)[nH]c(C(=O)O[C@@H](C)C(=O)NC(N)=O)c1C. The van der Waals surface area contributed by atoms with Gasteiger partial charge in [-0.1, -0.05) is 0 Å². The Morgan fingerprint density at radius 3 is 2.24 bits per heavy atom. The van der Waals surface area contributed by atoms with Crippen LogP contribution in [0.4, 0.5) is 4.79 Å². The Balaban J connectivity index is 2.91. The largest absolute Gasteiger partial charge is 0.448 e. The molecular formula is C13H17N3O5. The highest BCUT2D eigenvalue weighted by molar-refractivity contribution is 6.02. The zero-order valence-corrected chi connectivity index (χ0v) is 12.2. The maximum absolute atomic E-state index is 12.0. The number of urea groups is 1. The molecule has 21 heavy (non-hydrogen) atoms. The first-order valence-electron chi connectivity index (χ1n) is 6.16. The summed E-state index contributed by atoms with van der Waals surface area (Å²) < 4.78 is 4.93. The van der Waals surface area contributed by atoms with Gasteiger partial charge in [0, 0.05) is 11.3 Å². The molecule has 3 amide bonds. The molecule has 0 spiro atoms. The fourth-order valence-electron chi connectivity index (χ4n) is 1.98. The number of imide groups is 1. The second kappa shape index (κ2) is 6.21. The van der Waals surface area contributed by atoms with E-state index >= 15 is 0 Å². The number of carbonyl (C=O) groups is 4. The van der Waals surface area contributed by atoms with Gasteiger partial charge in [0.05, 0.1) is 0 Å². The zero-order chi connectivity index (χ0) is 16.3. The summed E-state index contributed by atoms with van der Waals surface area (Å²) in [4.78, 5) is 48.2. The van der Waals surface area contributed by atoms with E-state index in [-0.39, 0.29) is 11.5 Å². The van der Waals surface area contributed by atoms with Crippen molar-refractivity contribution in [3.63, 3.8) is 0 Å². The Bertz CT molecular complexity index is 618. The van der Waals surface area contributed by atoms with Gasteiger partial charge in [-0.25, -0.2) is 9.59 Å². The standard InChI is InChI=1S/C13H17N3O5/c1-5-9(7(3)17)6(2)15-10(5)12(19)21-8(4)11(18)16-13(14)20/h8,15H,1-4H3,(H3,14,16,18,20)/t8-/m0/s1. The van der Waals surface area contributed by atoms with Crippen molar-refractivity contribution in [2.24, 2.45) is 5.73 Å². The molecular weight excluding hydrogens is 278 g/mol. The van der Waals surface area contributed by atoms with Crippen molar-refractivity contribution in [2.75, 3.05) is 0 Å². The molecule has 0 aliphatic rings. The number of H-pyrrole nitrogens is 1. The van der Waals surface area contributed by atoms with Gasteiger partial charge in [-0.3, -0.25) is 14.9 Å². The lowest BCUT2D eigenvalue weighted by Crippen LogP contribution is -2.42. The van der Waals surface area contributed by atoms with Crippen LogP contribution in [0.1, 0.15) is 46.0 Å². The minimum atomic E-state index is -1.20. The van der Waals surface area contributed by atoms with Gasteiger partial charge in [0.15, 0.2) is 11.9 Å². The van der Waals surface area contributed by atoms with Gasteiger partial charge in [-0.05, 0) is 33.3 Å². The number of hydrogen-bond donors (Lipinski definition) is 3. The normalized spacial score (nSPS) is 11.6. The molecule has 4 N–H and O–H groups in total. The molecule has 0 radical (unpaired) electrons. The van der Waals surface area contributed by atoms with Gasteiger partial charge in [0.25, 0.3) is 5.91 Å². The average Bonchev–Trinajstić information content (AvgIpc) is 2.63. The number of ether oxygens (including phenoxy) is 1. The van der Waals surface area contributed by atoms with Crippen molar-refractivity contribution in [3.05, 3.63) is 22.5 Å². The molecule has 0 aliphatic carbocycles. The molecule has 1 atom stereocenters. The van der Waals surface area contributed by atoms with E-state index < -0.39 is 24.0 Å². The number of aromatic amines is 1. The van der Waals surface area contributed by atoms with Crippen LogP contribution >= 0.6 is 0 Å². The number of nitrogens with two attached hydrogens (primary N) is 1. The topological polar surface area (TPSA) is 131 Å². The van der Waals surface area contributed by atoms with E-state index in [1.807, 2.05) is 5.32 Å². The van der Waals surface area contributed by atoms with Gasteiger partial charge in [0.1, 0.15) is 5.69 Å². The van der Waals surface area contributed by atoms with Crippen LogP contribution in [-0.2, 0) is 9.53 Å². The Morgan fingerprint density at radius 2 is 1.81 bits per heavy atom. The van der Waals surface area contributed by atoms with E-state index in [0.717, 1.165) is 0 Å². The van der Waals surface area contributed by atoms with Crippen molar-refractivity contribution in [1.29, 1.82) is 0 Å². The van der Waals surface area contributed by atoms with Gasteiger partial charge in [-0.15, -0.1) is 0 Å². The maximum atomic E-state index is 12.0. The molecule has 1 heterocycles. The minimum absolute atomic E-state index is 0.0939. The van der Waals surface area contributed by atoms with Crippen molar-refractivity contribution < 1.29 is 23.9 Å². The summed E-state index contributed by atoms with van der Waals surface area (Å²) in [7, 11) is 0. The Labute approximate surface area is 121 Å². The molecule has 0 aromatic carbocycles. The highest BCUT2D eigenvalue weighted by Gasteiger charge is 2.25. The van der Waals surface area contributed by atoms with Crippen molar-refractivity contribution >= 4 is 23.7 Å². The predicted molar refractivity (Wildman–Crippen MR) is 72.9 cm³/mol. The minimum Gasteiger partial charge on any atom is -0.448 e. The third kappa shape index (κ3) is 3.68. The number of aromatic nitrogens is 1. The van der Waals surface area contributed by atoms with Crippen LogP contribution in [0.2, 0.25) is 0 Å². The zero-order valence-electron chi connectivity index (χ0n) is 12.2. The Morgan fingerprint density at radius 1 is 1.24 bits per heavy atom. The molecule has 1 rings (SSSR count). The number of amides is 3. The number of rotatable bonds is 4. The summed E-state index contributed by atoms with van der Waals surface area (Å²) in [5.41, 5.74) is 6.30. The third-order valence-corrected chi connectivity index (χ3v) is 2.89. The van der Waals surface area contributed by atoms with E-state index in [2.05, 4.69) is 4.98 Å². The van der Waals surface area contributed by atoms with Crippen molar-refractivity contribution in [3.8, 4) is 0 Å². The number of esters is 1. The second-order valence-electron chi connectivity index (χ2n) is 4.58. The lowest BCUT2D eigenvalue weighted by molar-refractivity contribution is -0.127. The Kier molecular flexibility index (Phi) is 4.85. The van der Waals surface area contributed by atoms with E-state index in [9.17, 15) is 19.2 Å². The lowest BCUT2D eigenvalue weighted by Gasteiger charge is -2.11. The van der Waals surface area contributed by atoms with Gasteiger partial charge < -0.3 is 15.5 Å². The fourth-order valence-corrected chi connectivity index (χ4v) is 1.98. The van der Waals surface area contributed by atoms with Gasteiger partial charge in [0.2, 0.25) is 0 Å². The molecule has 0 saturated heterocycles. The summed E-state index contributed by atoms with van der Waals surface area (Å²) in [6, 6.07) is -1.03. The van der Waals surface area contributed by atoms with Crippen LogP contribution in [-0.4, -0.2) is 34.8 Å². The number of primary amides is 1. The molecule has 8 heteroatoms. The first kappa shape index (κ1) is 16.4. The van der Waals surface area contributed by atoms with Crippen molar-refractivity contribution in [2.45, 2.75) is 33.8 Å². The van der Waals surface area contributed by atoms with Crippen LogP contribution in [0.15, 0.2) is 0 Å². The molecule has 0 fully saturated rings. The fraction of sp³-hybridized carbons (Fsp3) is 0.385. The molecule has 1 aromatic rings. The molecule has 0 saturated carbocycles.